The molecule has 0 radical (unpaired) electrons. The summed E-state index contributed by atoms with van der Waals surface area (Å²) in [6, 6.07) is 5.51. The molecule has 0 spiro atoms. The number of rotatable bonds is 4. The van der Waals surface area contributed by atoms with Crippen LogP contribution >= 0.6 is 11.6 Å². The topological polar surface area (TPSA) is 68.3 Å². The molecule has 7 heteroatoms. The van der Waals surface area contributed by atoms with Crippen molar-refractivity contribution < 1.29 is 16.8 Å². The molecule has 0 aliphatic heterocycles. The minimum atomic E-state index is -3.64. The van der Waals surface area contributed by atoms with Gasteiger partial charge in [0.15, 0.2) is 19.7 Å². The third-order valence-electron chi connectivity index (χ3n) is 1.93. The molecule has 0 amide bonds. The summed E-state index contributed by atoms with van der Waals surface area (Å²) in [4.78, 5) is -0.363. The zero-order valence-electron chi connectivity index (χ0n) is 8.55. The van der Waals surface area contributed by atoms with Crippen LogP contribution in [0.25, 0.3) is 0 Å². The molecule has 0 fully saturated rings. The molecule has 0 heterocycles. The maximum Gasteiger partial charge on any atom is 0.180 e. The van der Waals surface area contributed by atoms with Gasteiger partial charge < -0.3 is 0 Å². The van der Waals surface area contributed by atoms with Gasteiger partial charge in [-0.2, -0.15) is 0 Å². The monoisotopic (exact) mass is 282 g/mol. The van der Waals surface area contributed by atoms with Gasteiger partial charge in [-0.1, -0.05) is 12.1 Å². The first-order valence-electron chi connectivity index (χ1n) is 4.37. The third kappa shape index (κ3) is 2.96. The van der Waals surface area contributed by atoms with Gasteiger partial charge in [-0.25, -0.2) is 16.8 Å². The molecular weight excluding hydrogens is 272 g/mol. The van der Waals surface area contributed by atoms with Gasteiger partial charge in [0.25, 0.3) is 0 Å². The summed E-state index contributed by atoms with van der Waals surface area (Å²) in [7, 11) is -7.19. The predicted molar refractivity (Wildman–Crippen MR) is 62.3 cm³/mol. The van der Waals surface area contributed by atoms with Crippen LogP contribution in [0, 0.1) is 0 Å². The molecule has 1 aromatic rings. The van der Waals surface area contributed by atoms with Crippen molar-refractivity contribution >= 4 is 31.3 Å². The molecule has 0 saturated heterocycles. The van der Waals surface area contributed by atoms with Gasteiger partial charge >= 0.3 is 0 Å². The Bertz CT molecular complexity index is 575. The van der Waals surface area contributed by atoms with Gasteiger partial charge in [0, 0.05) is 12.1 Å². The van der Waals surface area contributed by atoms with Crippen molar-refractivity contribution in [1.82, 2.24) is 0 Å². The van der Waals surface area contributed by atoms with Crippen LogP contribution in [-0.2, 0) is 19.7 Å². The zero-order valence-corrected chi connectivity index (χ0v) is 10.9. The van der Waals surface area contributed by atoms with E-state index in [1.807, 2.05) is 0 Å². The summed E-state index contributed by atoms with van der Waals surface area (Å²) in [5.74, 6) is -0.346. The van der Waals surface area contributed by atoms with Gasteiger partial charge in [0.2, 0.25) is 0 Å². The van der Waals surface area contributed by atoms with Crippen LogP contribution in [0.1, 0.15) is 0 Å². The van der Waals surface area contributed by atoms with E-state index in [9.17, 15) is 16.8 Å². The summed E-state index contributed by atoms with van der Waals surface area (Å²) in [6.45, 7) is 0. The fraction of sp³-hybridized carbons (Fsp3) is 0.333. The van der Waals surface area contributed by atoms with Crippen molar-refractivity contribution in [2.24, 2.45) is 0 Å². The second-order valence-corrected chi connectivity index (χ2v) is 7.67. The molecule has 90 valence electrons. The summed E-state index contributed by atoms with van der Waals surface area (Å²) in [6.07, 6.45) is 0.974. The highest BCUT2D eigenvalue weighted by Crippen LogP contribution is 2.21. The fourth-order valence-corrected chi connectivity index (χ4v) is 4.51. The minimum Gasteiger partial charge on any atom is -0.224 e. The Kier molecular flexibility index (Phi) is 3.98. The van der Waals surface area contributed by atoms with Gasteiger partial charge in [0.1, 0.15) is 0 Å². The highest BCUT2D eigenvalue weighted by atomic mass is 35.5. The number of alkyl halides is 1. The maximum absolute atomic E-state index is 11.8. The zero-order chi connectivity index (χ0) is 12.4. The normalized spacial score (nSPS) is 12.6. The summed E-state index contributed by atoms with van der Waals surface area (Å²) >= 11 is 5.37. The lowest BCUT2D eigenvalue weighted by Crippen LogP contribution is -2.12. The summed E-state index contributed by atoms with van der Waals surface area (Å²) < 4.78 is 46.3. The lowest BCUT2D eigenvalue weighted by atomic mass is 10.4. The molecule has 0 unspecified atom stereocenters. The Morgan fingerprint density at radius 3 is 2.00 bits per heavy atom. The van der Waals surface area contributed by atoms with E-state index in [0.29, 0.717) is 0 Å². The molecule has 1 aromatic carbocycles. The Hall–Kier alpha value is -0.590. The van der Waals surface area contributed by atoms with E-state index in [1.54, 1.807) is 0 Å². The number of sulfone groups is 2. The average molecular weight is 283 g/mol. The Morgan fingerprint density at radius 1 is 1.06 bits per heavy atom. The molecule has 4 nitrogen and oxygen atoms in total. The molecule has 0 atom stereocenters. The van der Waals surface area contributed by atoms with Gasteiger partial charge in [0.05, 0.1) is 15.5 Å². The van der Waals surface area contributed by atoms with E-state index in [2.05, 4.69) is 0 Å². The van der Waals surface area contributed by atoms with Crippen LogP contribution in [0.2, 0.25) is 0 Å². The Labute approximate surface area is 100 Å². The van der Waals surface area contributed by atoms with E-state index in [4.69, 9.17) is 11.6 Å². The van der Waals surface area contributed by atoms with Crippen molar-refractivity contribution in [1.29, 1.82) is 0 Å². The molecule has 1 rings (SSSR count). The predicted octanol–water partition coefficient (Wildman–Crippen LogP) is 1.10. The number of halogens is 1. The highest BCUT2D eigenvalue weighted by Gasteiger charge is 2.22. The van der Waals surface area contributed by atoms with Crippen molar-refractivity contribution in [2.45, 2.75) is 9.79 Å². The van der Waals surface area contributed by atoms with Crippen LogP contribution in [0.15, 0.2) is 34.1 Å². The molecule has 0 bridgehead atoms. The molecule has 0 aliphatic carbocycles. The van der Waals surface area contributed by atoms with Gasteiger partial charge in [-0.3, -0.25) is 0 Å². The van der Waals surface area contributed by atoms with Crippen molar-refractivity contribution in [3.8, 4) is 0 Å². The van der Waals surface area contributed by atoms with Crippen LogP contribution < -0.4 is 0 Å². The summed E-state index contributed by atoms with van der Waals surface area (Å²) in [5, 5.41) is 0. The van der Waals surface area contributed by atoms with E-state index in [-0.39, 0.29) is 21.4 Å². The van der Waals surface area contributed by atoms with Crippen LogP contribution in [0.4, 0.5) is 0 Å². The molecule has 0 saturated carbocycles. The van der Waals surface area contributed by atoms with Crippen LogP contribution in [-0.4, -0.2) is 34.7 Å². The van der Waals surface area contributed by atoms with Crippen LogP contribution in [0.5, 0.6) is 0 Å². The lowest BCUT2D eigenvalue weighted by molar-refractivity contribution is 0.586. The van der Waals surface area contributed by atoms with Gasteiger partial charge in [-0.05, 0) is 12.1 Å². The molecule has 0 aliphatic rings. The molecule has 16 heavy (non-hydrogen) atoms. The highest BCUT2D eigenvalue weighted by molar-refractivity contribution is 7.94. The largest absolute Gasteiger partial charge is 0.224 e. The number of hydrogen-bond donors (Lipinski definition) is 0. The summed E-state index contributed by atoms with van der Waals surface area (Å²) in [5.41, 5.74) is 0. The van der Waals surface area contributed by atoms with Crippen molar-refractivity contribution in [3.63, 3.8) is 0 Å². The second-order valence-electron chi connectivity index (χ2n) is 3.23. The molecular formula is C9H11ClO4S2. The minimum absolute atomic E-state index is 0.0690. The number of benzene rings is 1. The SMILES string of the molecule is CS(=O)(=O)c1ccccc1S(=O)(=O)CCCl. The fourth-order valence-electron chi connectivity index (χ4n) is 1.22. The lowest BCUT2D eigenvalue weighted by Gasteiger charge is -2.07. The van der Waals surface area contributed by atoms with Crippen molar-refractivity contribution in [3.05, 3.63) is 24.3 Å². The second kappa shape index (κ2) is 4.73. The van der Waals surface area contributed by atoms with Gasteiger partial charge in [-0.15, -0.1) is 11.6 Å². The first kappa shape index (κ1) is 13.5. The van der Waals surface area contributed by atoms with Crippen LogP contribution in [0.3, 0.4) is 0 Å². The van der Waals surface area contributed by atoms with Crippen molar-refractivity contribution in [2.75, 3.05) is 17.9 Å². The quantitative estimate of drug-likeness (QED) is 0.776. The first-order chi connectivity index (χ1) is 7.29. The average Bonchev–Trinajstić information content (AvgIpc) is 2.16. The smallest absolute Gasteiger partial charge is 0.180 e. The Morgan fingerprint density at radius 2 is 1.56 bits per heavy atom. The van der Waals surface area contributed by atoms with E-state index in [0.717, 1.165) is 6.26 Å². The molecule has 0 aromatic heterocycles. The number of hydrogen-bond acceptors (Lipinski definition) is 4. The van der Waals surface area contributed by atoms with E-state index < -0.39 is 19.7 Å². The standard InChI is InChI=1S/C9H11ClO4S2/c1-15(11,12)8-4-2-3-5-9(8)16(13,14)7-6-10/h2-5H,6-7H2,1H3. The van der Waals surface area contributed by atoms with E-state index in [1.165, 1.54) is 24.3 Å². The first-order valence-corrected chi connectivity index (χ1v) is 8.44. The third-order valence-corrected chi connectivity index (χ3v) is 5.39. The van der Waals surface area contributed by atoms with E-state index >= 15 is 0 Å². The maximum atomic E-state index is 11.8. The molecule has 0 N–H and O–H groups in total. The Balaban J connectivity index is 3.48.